The van der Waals surface area contributed by atoms with Gasteiger partial charge in [-0.25, -0.2) is 9.78 Å². The van der Waals surface area contributed by atoms with E-state index in [0.29, 0.717) is 6.04 Å². The number of amides is 2. The van der Waals surface area contributed by atoms with Gasteiger partial charge in [0.25, 0.3) is 0 Å². The Bertz CT molecular complexity index is 811. The first-order valence-electron chi connectivity index (χ1n) is 10.0. The third-order valence-electron chi connectivity index (χ3n) is 5.54. The molecule has 1 saturated carbocycles. The Balaban J connectivity index is 1.48. The zero-order valence-corrected chi connectivity index (χ0v) is 16.0. The molecule has 0 spiro atoms. The zero-order chi connectivity index (χ0) is 18.6. The summed E-state index contributed by atoms with van der Waals surface area (Å²) in [5.74, 6) is 0.999. The first kappa shape index (κ1) is 18.0. The van der Waals surface area contributed by atoms with E-state index in [4.69, 9.17) is 9.72 Å². The van der Waals surface area contributed by atoms with Crippen molar-refractivity contribution in [3.63, 3.8) is 0 Å². The Morgan fingerprint density at radius 1 is 1.15 bits per heavy atom. The first-order chi connectivity index (χ1) is 13.2. The molecule has 144 valence electrons. The van der Waals surface area contributed by atoms with Gasteiger partial charge in [-0.1, -0.05) is 19.3 Å². The van der Waals surface area contributed by atoms with Crippen molar-refractivity contribution in [2.24, 2.45) is 0 Å². The summed E-state index contributed by atoms with van der Waals surface area (Å²) in [6.07, 6.45) is 5.86. The molecule has 27 heavy (non-hydrogen) atoms. The van der Waals surface area contributed by atoms with E-state index in [9.17, 15) is 4.79 Å². The van der Waals surface area contributed by atoms with Crippen LogP contribution in [0.2, 0.25) is 0 Å². The summed E-state index contributed by atoms with van der Waals surface area (Å²) >= 11 is 0. The molecule has 0 unspecified atom stereocenters. The van der Waals surface area contributed by atoms with Crippen molar-refractivity contribution < 1.29 is 9.53 Å². The number of fused-ring (bicyclic) bond motifs is 1. The Hall–Kier alpha value is -2.34. The largest absolute Gasteiger partial charge is 0.378 e. The van der Waals surface area contributed by atoms with Crippen molar-refractivity contribution in [2.45, 2.75) is 45.1 Å². The standard InChI is InChI=1S/C21H28N4O2/c1-15-13-20(25-9-11-27-12-10-25)24-19-8-7-17(14-18(15)19)23-21(26)22-16-5-3-2-4-6-16/h7-8,13-14,16H,2-6,9-12H2,1H3,(H2,22,23,26). The maximum Gasteiger partial charge on any atom is 0.319 e. The number of morpholine rings is 1. The number of aryl methyl sites for hydroxylation is 1. The van der Waals surface area contributed by atoms with Crippen LogP contribution in [0.3, 0.4) is 0 Å². The number of pyridine rings is 1. The second kappa shape index (κ2) is 8.13. The number of carbonyl (C=O) groups is 1. The highest BCUT2D eigenvalue weighted by Crippen LogP contribution is 2.26. The summed E-state index contributed by atoms with van der Waals surface area (Å²) in [6.45, 7) is 5.34. The van der Waals surface area contributed by atoms with Gasteiger partial charge in [0.05, 0.1) is 18.7 Å². The average Bonchev–Trinajstić information content (AvgIpc) is 2.69. The highest BCUT2D eigenvalue weighted by atomic mass is 16.5. The number of hydrogen-bond donors (Lipinski definition) is 2. The van der Waals surface area contributed by atoms with Crippen molar-refractivity contribution in [1.29, 1.82) is 0 Å². The Morgan fingerprint density at radius 2 is 1.93 bits per heavy atom. The van der Waals surface area contributed by atoms with E-state index < -0.39 is 0 Å². The van der Waals surface area contributed by atoms with E-state index in [1.807, 2.05) is 18.2 Å². The van der Waals surface area contributed by atoms with Crippen molar-refractivity contribution in [3.8, 4) is 0 Å². The lowest BCUT2D eigenvalue weighted by Crippen LogP contribution is -2.39. The summed E-state index contributed by atoms with van der Waals surface area (Å²) in [7, 11) is 0. The second-order valence-electron chi connectivity index (χ2n) is 7.56. The number of urea groups is 1. The van der Waals surface area contributed by atoms with Gasteiger partial charge in [-0.2, -0.15) is 0 Å². The van der Waals surface area contributed by atoms with E-state index in [1.165, 1.54) is 19.3 Å². The summed E-state index contributed by atoms with van der Waals surface area (Å²) < 4.78 is 5.43. The van der Waals surface area contributed by atoms with Crippen molar-refractivity contribution in [1.82, 2.24) is 10.3 Å². The van der Waals surface area contributed by atoms with E-state index in [-0.39, 0.29) is 6.03 Å². The maximum absolute atomic E-state index is 12.3. The van der Waals surface area contributed by atoms with E-state index in [0.717, 1.165) is 67.1 Å². The van der Waals surface area contributed by atoms with E-state index in [2.05, 4.69) is 28.5 Å². The third kappa shape index (κ3) is 4.33. The van der Waals surface area contributed by atoms with Crippen LogP contribution in [-0.4, -0.2) is 43.4 Å². The number of hydrogen-bond acceptors (Lipinski definition) is 4. The van der Waals surface area contributed by atoms with E-state index in [1.54, 1.807) is 0 Å². The quantitative estimate of drug-likeness (QED) is 0.864. The molecule has 0 bridgehead atoms. The van der Waals surface area contributed by atoms with Gasteiger partial charge in [-0.05, 0) is 49.6 Å². The van der Waals surface area contributed by atoms with Gasteiger partial charge in [-0.3, -0.25) is 0 Å². The molecule has 2 aromatic rings. The Labute approximate surface area is 160 Å². The SMILES string of the molecule is Cc1cc(N2CCOCC2)nc2ccc(NC(=O)NC3CCCCC3)cc12. The van der Waals surface area contributed by atoms with Crippen LogP contribution in [0, 0.1) is 6.92 Å². The second-order valence-corrected chi connectivity index (χ2v) is 7.56. The molecule has 4 rings (SSSR count). The van der Waals surface area contributed by atoms with Crippen LogP contribution in [-0.2, 0) is 4.74 Å². The molecule has 6 nitrogen and oxygen atoms in total. The topological polar surface area (TPSA) is 66.5 Å². The highest BCUT2D eigenvalue weighted by Gasteiger charge is 2.17. The maximum atomic E-state index is 12.3. The lowest BCUT2D eigenvalue weighted by Gasteiger charge is -2.28. The van der Waals surface area contributed by atoms with Crippen LogP contribution in [0.5, 0.6) is 0 Å². The zero-order valence-electron chi connectivity index (χ0n) is 16.0. The fourth-order valence-corrected chi connectivity index (χ4v) is 4.01. The minimum Gasteiger partial charge on any atom is -0.378 e. The molecule has 1 aliphatic heterocycles. The molecule has 2 heterocycles. The lowest BCUT2D eigenvalue weighted by molar-refractivity contribution is 0.122. The number of rotatable bonds is 3. The fourth-order valence-electron chi connectivity index (χ4n) is 4.01. The summed E-state index contributed by atoms with van der Waals surface area (Å²) in [5, 5.41) is 7.15. The van der Waals surface area contributed by atoms with Crippen LogP contribution in [0.15, 0.2) is 24.3 Å². The number of nitrogens with one attached hydrogen (secondary N) is 2. The van der Waals surface area contributed by atoms with Gasteiger partial charge < -0.3 is 20.3 Å². The number of carbonyl (C=O) groups excluding carboxylic acids is 1. The van der Waals surface area contributed by atoms with Crippen molar-refractivity contribution >= 4 is 28.4 Å². The molecule has 1 aromatic carbocycles. The molecule has 2 amide bonds. The monoisotopic (exact) mass is 368 g/mol. The van der Waals surface area contributed by atoms with Gasteiger partial charge in [-0.15, -0.1) is 0 Å². The molecular weight excluding hydrogens is 340 g/mol. The van der Waals surface area contributed by atoms with Crippen LogP contribution < -0.4 is 15.5 Å². The molecule has 1 saturated heterocycles. The van der Waals surface area contributed by atoms with E-state index >= 15 is 0 Å². The Kier molecular flexibility index (Phi) is 5.43. The van der Waals surface area contributed by atoms with Gasteiger partial charge >= 0.3 is 6.03 Å². The average molecular weight is 368 g/mol. The first-order valence-corrected chi connectivity index (χ1v) is 10.0. The summed E-state index contributed by atoms with van der Waals surface area (Å²) in [5.41, 5.74) is 2.92. The van der Waals surface area contributed by atoms with Gasteiger partial charge in [0.15, 0.2) is 0 Å². The fraction of sp³-hybridized carbons (Fsp3) is 0.524. The molecule has 6 heteroatoms. The number of anilines is 2. The summed E-state index contributed by atoms with van der Waals surface area (Å²) in [4.78, 5) is 19.4. The molecule has 1 aromatic heterocycles. The molecule has 1 aliphatic carbocycles. The van der Waals surface area contributed by atoms with Crippen molar-refractivity contribution in [2.75, 3.05) is 36.5 Å². The predicted octanol–water partition coefficient (Wildman–Crippen LogP) is 3.83. The third-order valence-corrected chi connectivity index (χ3v) is 5.54. The molecule has 2 aliphatic rings. The smallest absolute Gasteiger partial charge is 0.319 e. The normalized spacial score (nSPS) is 18.5. The minimum absolute atomic E-state index is 0.114. The van der Waals surface area contributed by atoms with Crippen molar-refractivity contribution in [3.05, 3.63) is 29.8 Å². The molecule has 0 radical (unpaired) electrons. The van der Waals surface area contributed by atoms with Crippen LogP contribution in [0.1, 0.15) is 37.7 Å². The molecular formula is C21H28N4O2. The number of nitrogens with zero attached hydrogens (tertiary/aromatic N) is 2. The minimum atomic E-state index is -0.114. The number of ether oxygens (including phenoxy) is 1. The molecule has 2 fully saturated rings. The predicted molar refractivity (Wildman–Crippen MR) is 109 cm³/mol. The van der Waals surface area contributed by atoms with Crippen LogP contribution in [0.4, 0.5) is 16.3 Å². The lowest BCUT2D eigenvalue weighted by atomic mass is 9.96. The van der Waals surface area contributed by atoms with Crippen LogP contribution >= 0.6 is 0 Å². The van der Waals surface area contributed by atoms with Gasteiger partial charge in [0.2, 0.25) is 0 Å². The van der Waals surface area contributed by atoms with Crippen LogP contribution in [0.25, 0.3) is 10.9 Å². The van der Waals surface area contributed by atoms with Gasteiger partial charge in [0, 0.05) is 30.2 Å². The van der Waals surface area contributed by atoms with Gasteiger partial charge in [0.1, 0.15) is 5.82 Å². The summed E-state index contributed by atoms with van der Waals surface area (Å²) in [6, 6.07) is 8.25. The number of aromatic nitrogens is 1. The molecule has 0 atom stereocenters. The highest BCUT2D eigenvalue weighted by molar-refractivity contribution is 5.94. The molecule has 2 N–H and O–H groups in total. The Morgan fingerprint density at radius 3 is 2.70 bits per heavy atom. The number of benzene rings is 1.